The van der Waals surface area contributed by atoms with Gasteiger partial charge in [-0.3, -0.25) is 4.90 Å². The summed E-state index contributed by atoms with van der Waals surface area (Å²) in [6.07, 6.45) is 2.61. The van der Waals surface area contributed by atoms with Gasteiger partial charge in [0, 0.05) is 38.4 Å². The fraction of sp³-hybridized carbons (Fsp3) is 0.600. The highest BCUT2D eigenvalue weighted by molar-refractivity contribution is 5.53. The van der Waals surface area contributed by atoms with Crippen molar-refractivity contribution in [2.24, 2.45) is 5.73 Å². The molecule has 3 nitrogen and oxygen atoms in total. The Balaban J connectivity index is 1.92. The van der Waals surface area contributed by atoms with E-state index in [2.05, 4.69) is 41.0 Å². The molecule has 1 aromatic carbocycles. The van der Waals surface area contributed by atoms with E-state index in [1.807, 2.05) is 0 Å². The van der Waals surface area contributed by atoms with Gasteiger partial charge < -0.3 is 10.6 Å². The first kappa shape index (κ1) is 13.4. The summed E-state index contributed by atoms with van der Waals surface area (Å²) in [6.45, 7) is 8.75. The smallest absolute Gasteiger partial charge is 0.0412 e. The second kappa shape index (κ2) is 6.76. The summed E-state index contributed by atoms with van der Waals surface area (Å²) < 4.78 is 0. The van der Waals surface area contributed by atoms with E-state index in [1.165, 1.54) is 43.7 Å². The zero-order chi connectivity index (χ0) is 12.8. The summed E-state index contributed by atoms with van der Waals surface area (Å²) in [5.41, 5.74) is 8.41. The van der Waals surface area contributed by atoms with Crippen molar-refractivity contribution in [1.82, 2.24) is 4.90 Å². The molecular weight excluding hydrogens is 222 g/mol. The maximum Gasteiger partial charge on any atom is 0.0412 e. The molecule has 1 saturated heterocycles. The maximum absolute atomic E-state index is 5.81. The van der Waals surface area contributed by atoms with Crippen molar-refractivity contribution in [1.29, 1.82) is 0 Å². The molecule has 18 heavy (non-hydrogen) atoms. The van der Waals surface area contributed by atoms with Crippen molar-refractivity contribution in [3.63, 3.8) is 0 Å². The molecule has 1 heterocycles. The lowest BCUT2D eigenvalue weighted by Crippen LogP contribution is -2.46. The number of hydrogen-bond acceptors (Lipinski definition) is 3. The van der Waals surface area contributed by atoms with Crippen LogP contribution < -0.4 is 10.6 Å². The molecule has 0 unspecified atom stereocenters. The molecule has 1 fully saturated rings. The highest BCUT2D eigenvalue weighted by Gasteiger charge is 2.17. The van der Waals surface area contributed by atoms with E-state index in [0.717, 1.165) is 13.1 Å². The summed E-state index contributed by atoms with van der Waals surface area (Å²) in [5.74, 6) is 0. The monoisotopic (exact) mass is 247 g/mol. The predicted octanol–water partition coefficient (Wildman–Crippen LogP) is 2.07. The van der Waals surface area contributed by atoms with Crippen LogP contribution in [0.5, 0.6) is 0 Å². The maximum atomic E-state index is 5.81. The molecule has 1 aliphatic heterocycles. The molecule has 0 aromatic heterocycles. The molecule has 1 aromatic rings. The average Bonchev–Trinajstić information content (AvgIpc) is 2.45. The first-order valence-electron chi connectivity index (χ1n) is 7.10. The van der Waals surface area contributed by atoms with Crippen LogP contribution in [0.2, 0.25) is 0 Å². The van der Waals surface area contributed by atoms with Gasteiger partial charge in [0.1, 0.15) is 0 Å². The van der Waals surface area contributed by atoms with Crippen molar-refractivity contribution >= 4 is 5.69 Å². The summed E-state index contributed by atoms with van der Waals surface area (Å²) in [7, 11) is 0. The molecule has 0 atom stereocenters. The van der Waals surface area contributed by atoms with E-state index in [9.17, 15) is 0 Å². The van der Waals surface area contributed by atoms with Gasteiger partial charge in [-0.25, -0.2) is 0 Å². The number of unbranched alkanes of at least 4 members (excludes halogenated alkanes) is 1. The van der Waals surface area contributed by atoms with Gasteiger partial charge in [0.15, 0.2) is 0 Å². The lowest BCUT2D eigenvalue weighted by molar-refractivity contribution is 0.254. The lowest BCUT2D eigenvalue weighted by Gasteiger charge is -2.37. The first-order valence-corrected chi connectivity index (χ1v) is 7.10. The van der Waals surface area contributed by atoms with E-state index in [4.69, 9.17) is 5.73 Å². The van der Waals surface area contributed by atoms with Crippen LogP contribution >= 0.6 is 0 Å². The van der Waals surface area contributed by atoms with Gasteiger partial charge in [-0.1, -0.05) is 31.5 Å². The van der Waals surface area contributed by atoms with Crippen molar-refractivity contribution in [3.05, 3.63) is 29.8 Å². The van der Waals surface area contributed by atoms with Crippen molar-refractivity contribution in [2.75, 3.05) is 37.6 Å². The van der Waals surface area contributed by atoms with Crippen molar-refractivity contribution < 1.29 is 0 Å². The molecule has 2 N–H and O–H groups in total. The second-order valence-corrected chi connectivity index (χ2v) is 5.02. The molecule has 2 rings (SSSR count). The molecule has 0 bridgehead atoms. The zero-order valence-electron chi connectivity index (χ0n) is 11.4. The Morgan fingerprint density at radius 2 is 1.83 bits per heavy atom. The van der Waals surface area contributed by atoms with E-state index in [1.54, 1.807) is 0 Å². The number of piperazine rings is 1. The minimum Gasteiger partial charge on any atom is -0.369 e. The summed E-state index contributed by atoms with van der Waals surface area (Å²) in [5, 5.41) is 0. The third-order valence-electron chi connectivity index (χ3n) is 3.75. The Hall–Kier alpha value is -1.06. The highest BCUT2D eigenvalue weighted by Crippen LogP contribution is 2.21. The van der Waals surface area contributed by atoms with Gasteiger partial charge in [-0.2, -0.15) is 0 Å². The zero-order valence-corrected chi connectivity index (χ0v) is 11.4. The van der Waals surface area contributed by atoms with Crippen LogP contribution in [0.1, 0.15) is 25.3 Å². The number of anilines is 1. The molecule has 1 aliphatic rings. The topological polar surface area (TPSA) is 32.5 Å². The van der Waals surface area contributed by atoms with Crippen LogP contribution in [0.3, 0.4) is 0 Å². The van der Waals surface area contributed by atoms with Crippen LogP contribution in [0.4, 0.5) is 5.69 Å². The normalized spacial score (nSPS) is 17.1. The van der Waals surface area contributed by atoms with Crippen molar-refractivity contribution in [2.45, 2.75) is 26.3 Å². The quantitative estimate of drug-likeness (QED) is 0.864. The highest BCUT2D eigenvalue weighted by atomic mass is 15.3. The van der Waals surface area contributed by atoms with Gasteiger partial charge in [0.25, 0.3) is 0 Å². The number of nitrogens with two attached hydrogens (primary N) is 1. The van der Waals surface area contributed by atoms with Crippen LogP contribution in [0, 0.1) is 0 Å². The van der Waals surface area contributed by atoms with E-state index in [-0.39, 0.29) is 0 Å². The standard InChI is InChI=1S/C15H25N3/c1-2-3-8-17-9-11-18(12-10-17)15-7-5-4-6-14(15)13-16/h4-7H,2-3,8-13,16H2,1H3. The van der Waals surface area contributed by atoms with E-state index < -0.39 is 0 Å². The Morgan fingerprint density at radius 3 is 2.50 bits per heavy atom. The lowest BCUT2D eigenvalue weighted by atomic mass is 10.1. The molecule has 3 heteroatoms. The molecule has 0 aliphatic carbocycles. The number of hydrogen-bond donors (Lipinski definition) is 1. The summed E-state index contributed by atoms with van der Waals surface area (Å²) >= 11 is 0. The largest absolute Gasteiger partial charge is 0.369 e. The molecule has 0 saturated carbocycles. The van der Waals surface area contributed by atoms with Gasteiger partial charge in [-0.05, 0) is 24.6 Å². The number of benzene rings is 1. The first-order chi connectivity index (χ1) is 8.85. The van der Waals surface area contributed by atoms with Crippen LogP contribution in [0.25, 0.3) is 0 Å². The van der Waals surface area contributed by atoms with Crippen molar-refractivity contribution in [3.8, 4) is 0 Å². The molecule has 0 radical (unpaired) electrons. The fourth-order valence-corrected chi connectivity index (χ4v) is 2.59. The van der Waals surface area contributed by atoms with Gasteiger partial charge in [0.05, 0.1) is 0 Å². The summed E-state index contributed by atoms with van der Waals surface area (Å²) in [4.78, 5) is 5.05. The minimum absolute atomic E-state index is 0.631. The van der Waals surface area contributed by atoms with E-state index >= 15 is 0 Å². The van der Waals surface area contributed by atoms with Gasteiger partial charge in [0.2, 0.25) is 0 Å². The molecular formula is C15H25N3. The van der Waals surface area contributed by atoms with Crippen LogP contribution in [-0.4, -0.2) is 37.6 Å². The molecule has 0 spiro atoms. The Labute approximate surface area is 111 Å². The minimum atomic E-state index is 0.631. The fourth-order valence-electron chi connectivity index (χ4n) is 2.59. The van der Waals surface area contributed by atoms with Crippen LogP contribution in [0.15, 0.2) is 24.3 Å². The molecule has 0 amide bonds. The third kappa shape index (κ3) is 3.24. The number of para-hydroxylation sites is 1. The summed E-state index contributed by atoms with van der Waals surface area (Å²) in [6, 6.07) is 8.52. The number of rotatable bonds is 5. The predicted molar refractivity (Wildman–Crippen MR) is 77.9 cm³/mol. The van der Waals surface area contributed by atoms with E-state index in [0.29, 0.717) is 6.54 Å². The Morgan fingerprint density at radius 1 is 1.11 bits per heavy atom. The third-order valence-corrected chi connectivity index (χ3v) is 3.75. The Bertz CT molecular complexity index is 357. The SMILES string of the molecule is CCCCN1CCN(c2ccccc2CN)CC1. The molecule has 100 valence electrons. The average molecular weight is 247 g/mol. The Kier molecular flexibility index (Phi) is 5.02. The number of nitrogens with zero attached hydrogens (tertiary/aromatic N) is 2. The van der Waals surface area contributed by atoms with Gasteiger partial charge >= 0.3 is 0 Å². The second-order valence-electron chi connectivity index (χ2n) is 5.02. The van der Waals surface area contributed by atoms with Crippen LogP contribution in [-0.2, 0) is 6.54 Å². The van der Waals surface area contributed by atoms with Gasteiger partial charge in [-0.15, -0.1) is 0 Å².